The first-order valence-corrected chi connectivity index (χ1v) is 6.69. The number of carbonyl (C=O) groups excluding carboxylic acids is 2. The van der Waals surface area contributed by atoms with Crippen molar-refractivity contribution < 1.29 is 9.59 Å². The van der Waals surface area contributed by atoms with Crippen LogP contribution in [0.25, 0.3) is 0 Å². The van der Waals surface area contributed by atoms with E-state index in [0.29, 0.717) is 24.2 Å². The van der Waals surface area contributed by atoms with Gasteiger partial charge in [-0.15, -0.1) is 0 Å². The Labute approximate surface area is 120 Å². The lowest BCUT2D eigenvalue weighted by atomic mass is 10.1. The summed E-state index contributed by atoms with van der Waals surface area (Å²) in [6.45, 7) is 6.74. The van der Waals surface area contributed by atoms with E-state index in [4.69, 9.17) is 0 Å². The van der Waals surface area contributed by atoms with E-state index in [-0.39, 0.29) is 17.4 Å². The van der Waals surface area contributed by atoms with Crippen molar-refractivity contribution in [3.05, 3.63) is 29.8 Å². The summed E-state index contributed by atoms with van der Waals surface area (Å²) < 4.78 is 0. The summed E-state index contributed by atoms with van der Waals surface area (Å²) in [6.07, 6.45) is 0.360. The predicted molar refractivity (Wildman–Crippen MR) is 80.8 cm³/mol. The molecular weight excluding hydrogens is 254 g/mol. The minimum atomic E-state index is -0.214. The molecule has 110 valence electrons. The van der Waals surface area contributed by atoms with Crippen molar-refractivity contribution >= 4 is 17.5 Å². The monoisotopic (exact) mass is 277 g/mol. The predicted octanol–water partition coefficient (Wildman–Crippen LogP) is 1.76. The topological polar surface area (TPSA) is 70.2 Å². The summed E-state index contributed by atoms with van der Waals surface area (Å²) in [5, 5.41) is 8.57. The van der Waals surface area contributed by atoms with Crippen LogP contribution in [-0.4, -0.2) is 30.9 Å². The number of carbonyl (C=O) groups is 2. The van der Waals surface area contributed by atoms with Gasteiger partial charge in [0.25, 0.3) is 5.91 Å². The SMILES string of the molecule is CNC(=O)c1ccccc1NC(=O)CCNC(C)(C)C. The molecule has 2 amide bonds. The third-order valence-corrected chi connectivity index (χ3v) is 2.68. The third kappa shape index (κ3) is 5.40. The van der Waals surface area contributed by atoms with Crippen molar-refractivity contribution in [2.45, 2.75) is 32.7 Å². The van der Waals surface area contributed by atoms with Crippen molar-refractivity contribution in [3.63, 3.8) is 0 Å². The van der Waals surface area contributed by atoms with Crippen LogP contribution in [0.15, 0.2) is 24.3 Å². The number of benzene rings is 1. The molecule has 0 aliphatic rings. The minimum Gasteiger partial charge on any atom is -0.355 e. The fraction of sp³-hybridized carbons (Fsp3) is 0.467. The Morgan fingerprint density at radius 1 is 1.15 bits per heavy atom. The van der Waals surface area contributed by atoms with Gasteiger partial charge >= 0.3 is 0 Å². The summed E-state index contributed by atoms with van der Waals surface area (Å²) in [5.41, 5.74) is 0.986. The highest BCUT2D eigenvalue weighted by Gasteiger charge is 2.13. The van der Waals surface area contributed by atoms with Gasteiger partial charge in [0.1, 0.15) is 0 Å². The molecule has 5 heteroatoms. The summed E-state index contributed by atoms with van der Waals surface area (Å²) in [6, 6.07) is 6.96. The van der Waals surface area contributed by atoms with Gasteiger partial charge in [0.2, 0.25) is 5.91 Å². The molecule has 0 saturated carbocycles. The first-order chi connectivity index (χ1) is 9.33. The van der Waals surface area contributed by atoms with E-state index in [1.54, 1.807) is 31.3 Å². The smallest absolute Gasteiger partial charge is 0.253 e. The van der Waals surface area contributed by atoms with Crippen molar-refractivity contribution in [3.8, 4) is 0 Å². The Kier molecular flexibility index (Phi) is 5.70. The zero-order valence-corrected chi connectivity index (χ0v) is 12.5. The minimum absolute atomic E-state index is 0.0136. The number of nitrogens with one attached hydrogen (secondary N) is 3. The van der Waals surface area contributed by atoms with E-state index in [0.717, 1.165) is 0 Å². The lowest BCUT2D eigenvalue weighted by Crippen LogP contribution is -2.37. The average molecular weight is 277 g/mol. The van der Waals surface area contributed by atoms with Gasteiger partial charge < -0.3 is 16.0 Å². The van der Waals surface area contributed by atoms with Crippen molar-refractivity contribution in [2.75, 3.05) is 18.9 Å². The lowest BCUT2D eigenvalue weighted by Gasteiger charge is -2.20. The normalized spacial score (nSPS) is 11.0. The molecule has 0 unspecified atom stereocenters. The van der Waals surface area contributed by atoms with Crippen molar-refractivity contribution in [1.82, 2.24) is 10.6 Å². The Morgan fingerprint density at radius 3 is 2.40 bits per heavy atom. The first kappa shape index (κ1) is 16.2. The maximum atomic E-state index is 11.9. The molecule has 1 aromatic rings. The van der Waals surface area contributed by atoms with Crippen molar-refractivity contribution in [2.24, 2.45) is 0 Å². The Hall–Kier alpha value is -1.88. The molecule has 3 N–H and O–H groups in total. The number of hydrogen-bond acceptors (Lipinski definition) is 3. The molecule has 0 spiro atoms. The number of amides is 2. The zero-order valence-electron chi connectivity index (χ0n) is 12.5. The molecule has 5 nitrogen and oxygen atoms in total. The van der Waals surface area contributed by atoms with Gasteiger partial charge in [0.05, 0.1) is 11.3 Å². The van der Waals surface area contributed by atoms with Crippen LogP contribution in [0, 0.1) is 0 Å². The Balaban J connectivity index is 2.60. The van der Waals surface area contributed by atoms with Crippen LogP contribution in [0.4, 0.5) is 5.69 Å². The van der Waals surface area contributed by atoms with E-state index < -0.39 is 0 Å². The highest BCUT2D eigenvalue weighted by Crippen LogP contribution is 2.15. The van der Waals surface area contributed by atoms with E-state index in [2.05, 4.69) is 16.0 Å². The number of hydrogen-bond donors (Lipinski definition) is 3. The van der Waals surface area contributed by atoms with Gasteiger partial charge in [-0.1, -0.05) is 12.1 Å². The van der Waals surface area contributed by atoms with Crippen LogP contribution in [0.2, 0.25) is 0 Å². The molecule has 0 aliphatic heterocycles. The van der Waals surface area contributed by atoms with Crippen molar-refractivity contribution in [1.29, 1.82) is 0 Å². The second-order valence-electron chi connectivity index (χ2n) is 5.60. The maximum Gasteiger partial charge on any atom is 0.253 e. The lowest BCUT2D eigenvalue weighted by molar-refractivity contribution is -0.116. The highest BCUT2D eigenvalue weighted by atomic mass is 16.2. The Bertz CT molecular complexity index is 478. The molecule has 0 bridgehead atoms. The average Bonchev–Trinajstić information content (AvgIpc) is 2.37. The molecule has 0 saturated heterocycles. The standard InChI is InChI=1S/C15H23N3O2/c1-15(2,3)17-10-9-13(19)18-12-8-6-5-7-11(12)14(20)16-4/h5-8,17H,9-10H2,1-4H3,(H,16,20)(H,18,19). The van der Waals surface area contributed by atoms with Crippen LogP contribution in [0.1, 0.15) is 37.6 Å². The fourth-order valence-corrected chi connectivity index (χ4v) is 1.69. The second-order valence-corrected chi connectivity index (χ2v) is 5.60. The van der Waals surface area contributed by atoms with E-state index in [9.17, 15) is 9.59 Å². The van der Waals surface area contributed by atoms with E-state index in [1.165, 1.54) is 0 Å². The van der Waals surface area contributed by atoms with Gasteiger partial charge in [-0.05, 0) is 32.9 Å². The molecule has 1 aromatic carbocycles. The zero-order chi connectivity index (χ0) is 15.2. The molecule has 0 aliphatic carbocycles. The van der Waals surface area contributed by atoms with Gasteiger partial charge in [0, 0.05) is 25.6 Å². The Morgan fingerprint density at radius 2 is 1.80 bits per heavy atom. The quantitative estimate of drug-likeness (QED) is 0.768. The second kappa shape index (κ2) is 7.05. The molecule has 0 aromatic heterocycles. The molecule has 0 fully saturated rings. The summed E-state index contributed by atoms with van der Waals surface area (Å²) >= 11 is 0. The van der Waals surface area contributed by atoms with Gasteiger partial charge in [-0.2, -0.15) is 0 Å². The molecular formula is C15H23N3O2. The number of rotatable bonds is 5. The molecule has 0 radical (unpaired) electrons. The van der Waals surface area contributed by atoms with E-state index >= 15 is 0 Å². The number of anilines is 1. The van der Waals surface area contributed by atoms with Crippen LogP contribution >= 0.6 is 0 Å². The molecule has 0 heterocycles. The van der Waals surface area contributed by atoms with E-state index in [1.807, 2.05) is 20.8 Å². The molecule has 0 atom stereocenters. The summed E-state index contributed by atoms with van der Waals surface area (Å²) in [4.78, 5) is 23.6. The first-order valence-electron chi connectivity index (χ1n) is 6.69. The summed E-state index contributed by atoms with van der Waals surface area (Å²) in [5.74, 6) is -0.327. The maximum absolute atomic E-state index is 11.9. The highest BCUT2D eigenvalue weighted by molar-refractivity contribution is 6.03. The largest absolute Gasteiger partial charge is 0.355 e. The van der Waals surface area contributed by atoms with Crippen LogP contribution in [0.5, 0.6) is 0 Å². The van der Waals surface area contributed by atoms with Gasteiger partial charge in [0.15, 0.2) is 0 Å². The number of para-hydroxylation sites is 1. The fourth-order valence-electron chi connectivity index (χ4n) is 1.69. The van der Waals surface area contributed by atoms with Gasteiger partial charge in [-0.3, -0.25) is 9.59 Å². The molecule has 20 heavy (non-hydrogen) atoms. The summed E-state index contributed by atoms with van der Waals surface area (Å²) in [7, 11) is 1.56. The molecule has 1 rings (SSSR count). The van der Waals surface area contributed by atoms with Crippen LogP contribution in [-0.2, 0) is 4.79 Å². The third-order valence-electron chi connectivity index (χ3n) is 2.68. The van der Waals surface area contributed by atoms with Crippen LogP contribution < -0.4 is 16.0 Å². The van der Waals surface area contributed by atoms with Crippen LogP contribution in [0.3, 0.4) is 0 Å². The van der Waals surface area contributed by atoms with Gasteiger partial charge in [-0.25, -0.2) is 0 Å².